The molecule has 1 fully saturated rings. The number of nitrogens with one attached hydrogen (secondary N) is 1. The van der Waals surface area contributed by atoms with Crippen LogP contribution in [-0.4, -0.2) is 34.7 Å². The highest BCUT2D eigenvalue weighted by molar-refractivity contribution is 9.09. The fraction of sp³-hybridized carbons (Fsp3) is 0.833. The molecule has 21 heavy (non-hydrogen) atoms. The third-order valence-corrected chi connectivity index (χ3v) is 4.12. The quantitative estimate of drug-likeness (QED) is 0.462. The monoisotopic (exact) mass is 379 g/mol. The molecule has 0 unspecified atom stereocenters. The molecule has 0 heterocycles. The number of rotatable bonds is 4. The van der Waals surface area contributed by atoms with E-state index in [1.165, 1.54) is 0 Å². The van der Waals surface area contributed by atoms with E-state index in [9.17, 15) is 31.5 Å². The highest BCUT2D eigenvalue weighted by Crippen LogP contribution is 2.37. The van der Waals surface area contributed by atoms with Crippen LogP contribution in [0.15, 0.2) is 0 Å². The molecule has 0 atom stereocenters. The number of carbonyl (C=O) groups is 2. The highest BCUT2D eigenvalue weighted by Gasteiger charge is 2.64. The van der Waals surface area contributed by atoms with Gasteiger partial charge in [0, 0.05) is 0 Å². The van der Waals surface area contributed by atoms with E-state index < -0.39 is 29.3 Å². The lowest BCUT2D eigenvalue weighted by Gasteiger charge is -2.33. The Labute approximate surface area is 126 Å². The largest absolute Gasteiger partial charge is 0.463 e. The Hall–Kier alpha value is -0.730. The zero-order valence-corrected chi connectivity index (χ0v) is 12.6. The van der Waals surface area contributed by atoms with Gasteiger partial charge in [-0.3, -0.25) is 9.59 Å². The molecule has 0 radical (unpaired) electrons. The summed E-state index contributed by atoms with van der Waals surface area (Å²) < 4.78 is 62.8. The Kier molecular flexibility index (Phi) is 5.74. The first-order chi connectivity index (χ1) is 9.57. The van der Waals surface area contributed by atoms with Gasteiger partial charge in [-0.1, -0.05) is 41.6 Å². The highest BCUT2D eigenvalue weighted by atomic mass is 79.9. The van der Waals surface area contributed by atoms with Gasteiger partial charge in [0.15, 0.2) is 5.78 Å². The topological polar surface area (TPSA) is 46.2 Å². The molecule has 1 rings (SSSR count). The van der Waals surface area contributed by atoms with E-state index in [1.807, 2.05) is 0 Å². The second-order valence-corrected chi connectivity index (χ2v) is 5.64. The molecule has 0 aromatic heterocycles. The average molecular weight is 380 g/mol. The van der Waals surface area contributed by atoms with Crippen molar-refractivity contribution in [3.63, 3.8) is 0 Å². The van der Waals surface area contributed by atoms with Crippen molar-refractivity contribution in [3.05, 3.63) is 0 Å². The zero-order chi connectivity index (χ0) is 16.3. The summed E-state index contributed by atoms with van der Waals surface area (Å²) >= 11 is 2.88. The van der Waals surface area contributed by atoms with Gasteiger partial charge in [0.25, 0.3) is 0 Å². The van der Waals surface area contributed by atoms with Gasteiger partial charge in [0.2, 0.25) is 0 Å². The maximum atomic E-state index is 13.1. The van der Waals surface area contributed by atoms with Gasteiger partial charge < -0.3 is 5.32 Å². The number of hydrogen-bond donors (Lipinski definition) is 1. The zero-order valence-electron chi connectivity index (χ0n) is 11.0. The number of halogens is 6. The van der Waals surface area contributed by atoms with Gasteiger partial charge in [0.05, 0.1) is 10.9 Å². The second-order valence-electron chi connectivity index (χ2n) is 5.08. The van der Waals surface area contributed by atoms with Crippen LogP contribution in [0, 0.1) is 0 Å². The van der Waals surface area contributed by atoms with Crippen molar-refractivity contribution in [1.29, 1.82) is 0 Å². The molecule has 0 bridgehead atoms. The van der Waals surface area contributed by atoms with Crippen molar-refractivity contribution < 1.29 is 31.5 Å². The molecule has 0 saturated heterocycles. The maximum absolute atomic E-state index is 13.1. The van der Waals surface area contributed by atoms with Crippen molar-refractivity contribution in [2.45, 2.75) is 56.2 Å². The van der Waals surface area contributed by atoms with Crippen LogP contribution in [0.25, 0.3) is 0 Å². The first-order valence-corrected chi connectivity index (χ1v) is 7.55. The lowest BCUT2D eigenvalue weighted by Crippen LogP contribution is -2.61. The van der Waals surface area contributed by atoms with Crippen LogP contribution in [0.1, 0.15) is 38.5 Å². The third-order valence-electron chi connectivity index (χ3n) is 3.61. The summed E-state index contributed by atoms with van der Waals surface area (Å²) in [6, 6.07) is 0. The summed E-state index contributed by atoms with van der Waals surface area (Å²) in [5.74, 6) is -8.57. The number of amides is 1. The molecule has 3 nitrogen and oxygen atoms in total. The Morgan fingerprint density at radius 2 is 1.48 bits per heavy atom. The van der Waals surface area contributed by atoms with Crippen LogP contribution >= 0.6 is 15.9 Å². The Morgan fingerprint density at radius 3 is 1.86 bits per heavy atom. The minimum Gasteiger partial charge on any atom is -0.338 e. The molecular formula is C12H15BrF5NO2. The standard InChI is InChI=1S/C12H15BrF5NO2/c13-7-8(20)10(5-3-1-2-4-6-10)19-9(21)11(14,15)12(16,17)18/h1-7H2,(H,19,21). The summed E-state index contributed by atoms with van der Waals surface area (Å²) in [6.45, 7) is 0. The summed E-state index contributed by atoms with van der Waals surface area (Å²) in [7, 11) is 0. The summed E-state index contributed by atoms with van der Waals surface area (Å²) in [5, 5.41) is 1.46. The number of hydrogen-bond acceptors (Lipinski definition) is 2. The van der Waals surface area contributed by atoms with Crippen LogP contribution in [0.3, 0.4) is 0 Å². The Morgan fingerprint density at radius 1 is 1.00 bits per heavy atom. The van der Waals surface area contributed by atoms with Crippen molar-refractivity contribution in [3.8, 4) is 0 Å². The van der Waals surface area contributed by atoms with Gasteiger partial charge in [-0.15, -0.1) is 0 Å². The maximum Gasteiger partial charge on any atom is 0.463 e. The molecule has 0 aromatic carbocycles. The number of alkyl halides is 6. The van der Waals surface area contributed by atoms with Crippen molar-refractivity contribution in [1.82, 2.24) is 5.32 Å². The molecule has 0 aliphatic heterocycles. The van der Waals surface area contributed by atoms with E-state index in [0.717, 1.165) is 12.8 Å². The van der Waals surface area contributed by atoms with Gasteiger partial charge in [-0.25, -0.2) is 0 Å². The first-order valence-electron chi connectivity index (χ1n) is 6.43. The summed E-state index contributed by atoms with van der Waals surface area (Å²) in [6.07, 6.45) is -3.41. The third kappa shape index (κ3) is 3.92. The van der Waals surface area contributed by atoms with E-state index in [2.05, 4.69) is 15.9 Å². The Bertz CT molecular complexity index is 403. The molecule has 1 amide bonds. The van der Waals surface area contributed by atoms with Gasteiger partial charge >= 0.3 is 18.0 Å². The second kappa shape index (κ2) is 6.58. The number of ketones is 1. The molecular weight excluding hydrogens is 365 g/mol. The minimum atomic E-state index is -5.99. The number of carbonyl (C=O) groups excluding carboxylic acids is 2. The van der Waals surface area contributed by atoms with E-state index in [-0.39, 0.29) is 18.2 Å². The molecule has 0 aromatic rings. The minimum absolute atomic E-state index is 0.0666. The van der Waals surface area contributed by atoms with E-state index in [1.54, 1.807) is 5.32 Å². The van der Waals surface area contributed by atoms with E-state index in [0.29, 0.717) is 12.8 Å². The molecule has 9 heteroatoms. The lowest BCUT2D eigenvalue weighted by molar-refractivity contribution is -0.270. The Balaban J connectivity index is 3.02. The lowest BCUT2D eigenvalue weighted by atomic mass is 9.86. The summed E-state index contributed by atoms with van der Waals surface area (Å²) in [5.41, 5.74) is -1.65. The normalized spacial score (nSPS) is 19.7. The molecule has 1 aliphatic carbocycles. The van der Waals surface area contributed by atoms with Crippen molar-refractivity contribution in [2.24, 2.45) is 0 Å². The van der Waals surface area contributed by atoms with Crippen LogP contribution in [0.4, 0.5) is 22.0 Å². The molecule has 1 N–H and O–H groups in total. The van der Waals surface area contributed by atoms with Crippen LogP contribution in [-0.2, 0) is 9.59 Å². The fourth-order valence-electron chi connectivity index (χ4n) is 2.36. The number of Topliss-reactive ketones (excluding diaryl/α,β-unsaturated/α-hetero) is 1. The summed E-state index contributed by atoms with van der Waals surface area (Å²) in [4.78, 5) is 23.3. The van der Waals surface area contributed by atoms with Crippen molar-refractivity contribution in [2.75, 3.05) is 5.33 Å². The molecule has 1 saturated carbocycles. The average Bonchev–Trinajstić information content (AvgIpc) is 2.62. The predicted molar refractivity (Wildman–Crippen MR) is 68.4 cm³/mol. The van der Waals surface area contributed by atoms with E-state index >= 15 is 0 Å². The van der Waals surface area contributed by atoms with E-state index in [4.69, 9.17) is 0 Å². The van der Waals surface area contributed by atoms with Crippen molar-refractivity contribution >= 4 is 27.6 Å². The predicted octanol–water partition coefficient (Wildman–Crippen LogP) is 3.36. The van der Waals surface area contributed by atoms with Crippen LogP contribution in [0.5, 0.6) is 0 Å². The SMILES string of the molecule is O=C(CBr)C1(NC(=O)C(F)(F)C(F)(F)F)CCCCCC1. The fourth-order valence-corrected chi connectivity index (χ4v) is 2.89. The smallest absolute Gasteiger partial charge is 0.338 e. The van der Waals surface area contributed by atoms with Crippen LogP contribution in [0.2, 0.25) is 0 Å². The molecule has 0 spiro atoms. The van der Waals surface area contributed by atoms with Gasteiger partial charge in [0.1, 0.15) is 0 Å². The molecule has 1 aliphatic rings. The van der Waals surface area contributed by atoms with Gasteiger partial charge in [-0.05, 0) is 12.8 Å². The first kappa shape index (κ1) is 18.3. The van der Waals surface area contributed by atoms with Gasteiger partial charge in [-0.2, -0.15) is 22.0 Å². The van der Waals surface area contributed by atoms with Crippen LogP contribution < -0.4 is 5.32 Å². The molecule has 122 valence electrons.